The van der Waals surface area contributed by atoms with Gasteiger partial charge in [-0.3, -0.25) is 4.79 Å². The van der Waals surface area contributed by atoms with E-state index in [9.17, 15) is 9.18 Å². The number of hydrogen-bond donors (Lipinski definition) is 1. The van der Waals surface area contributed by atoms with Crippen molar-refractivity contribution in [1.82, 2.24) is 15.1 Å². The van der Waals surface area contributed by atoms with Crippen molar-refractivity contribution in [3.8, 4) is 0 Å². The fourth-order valence-corrected chi connectivity index (χ4v) is 2.98. The fraction of sp³-hybridized carbons (Fsp3) is 0.412. The molecular weight excluding hydrogens is 281 g/mol. The highest BCUT2D eigenvalue weighted by molar-refractivity contribution is 5.88. The summed E-state index contributed by atoms with van der Waals surface area (Å²) in [5, 5.41) is 7.23. The first-order valence-electron chi connectivity index (χ1n) is 7.45. The molecule has 1 atom stereocenters. The lowest BCUT2D eigenvalue weighted by atomic mass is 9.85. The van der Waals surface area contributed by atoms with E-state index in [1.54, 1.807) is 10.7 Å². The molecule has 1 aliphatic heterocycles. The molecule has 5 heteroatoms. The van der Waals surface area contributed by atoms with Gasteiger partial charge in [0, 0.05) is 5.70 Å². The Balaban J connectivity index is 2.22. The number of benzene rings is 1. The third-order valence-electron chi connectivity index (χ3n) is 4.11. The van der Waals surface area contributed by atoms with Gasteiger partial charge in [-0.2, -0.15) is 4.39 Å². The van der Waals surface area contributed by atoms with E-state index in [2.05, 4.69) is 37.8 Å². The summed E-state index contributed by atoms with van der Waals surface area (Å²) >= 11 is 0. The van der Waals surface area contributed by atoms with Crippen LogP contribution in [-0.2, 0) is 10.2 Å². The molecule has 0 spiro atoms. The summed E-state index contributed by atoms with van der Waals surface area (Å²) in [6, 6.07) is 5.02. The van der Waals surface area contributed by atoms with Crippen LogP contribution in [0.1, 0.15) is 45.2 Å². The van der Waals surface area contributed by atoms with Gasteiger partial charge in [0.25, 0.3) is 0 Å². The van der Waals surface area contributed by atoms with Gasteiger partial charge >= 0.3 is 0 Å². The number of nitrogens with one attached hydrogen (secondary N) is 1. The Hall–Kier alpha value is -2.17. The van der Waals surface area contributed by atoms with Gasteiger partial charge in [-0.05, 0) is 29.9 Å². The zero-order valence-electron chi connectivity index (χ0n) is 13.1. The molecule has 0 saturated carbocycles. The summed E-state index contributed by atoms with van der Waals surface area (Å²) in [5.74, 6) is -0.706. The number of aromatic nitrogens is 2. The van der Waals surface area contributed by atoms with Crippen LogP contribution in [0.2, 0.25) is 0 Å². The molecule has 0 aliphatic carbocycles. The lowest BCUT2D eigenvalue weighted by Crippen LogP contribution is -2.37. The number of fused-ring (bicyclic) bond motifs is 1. The molecule has 0 radical (unpaired) electrons. The van der Waals surface area contributed by atoms with Crippen LogP contribution in [0.15, 0.2) is 30.5 Å². The van der Waals surface area contributed by atoms with Gasteiger partial charge in [0.15, 0.2) is 0 Å². The van der Waals surface area contributed by atoms with Crippen LogP contribution in [-0.4, -0.2) is 15.7 Å². The van der Waals surface area contributed by atoms with Crippen molar-refractivity contribution in [2.24, 2.45) is 0 Å². The van der Waals surface area contributed by atoms with Crippen molar-refractivity contribution in [1.29, 1.82) is 0 Å². The maximum atomic E-state index is 14.3. The predicted molar refractivity (Wildman–Crippen MR) is 83.9 cm³/mol. The minimum Gasteiger partial charge on any atom is -0.329 e. The molecule has 4 nitrogen and oxygen atoms in total. The molecule has 0 bridgehead atoms. The second kappa shape index (κ2) is 4.93. The Morgan fingerprint density at radius 2 is 2.14 bits per heavy atom. The lowest BCUT2D eigenvalue weighted by Gasteiger charge is -2.26. The highest BCUT2D eigenvalue weighted by Gasteiger charge is 2.31. The third kappa shape index (κ3) is 2.30. The molecule has 22 heavy (non-hydrogen) atoms. The number of para-hydroxylation sites is 1. The molecule has 116 valence electrons. The van der Waals surface area contributed by atoms with Gasteiger partial charge in [-0.15, -0.1) is 5.10 Å². The first-order valence-corrected chi connectivity index (χ1v) is 7.45. The van der Waals surface area contributed by atoms with E-state index >= 15 is 0 Å². The smallest absolute Gasteiger partial charge is 0.249 e. The summed E-state index contributed by atoms with van der Waals surface area (Å²) in [4.78, 5) is 12.3. The summed E-state index contributed by atoms with van der Waals surface area (Å²) < 4.78 is 15.8. The van der Waals surface area contributed by atoms with Gasteiger partial charge in [0.1, 0.15) is 6.04 Å². The lowest BCUT2D eigenvalue weighted by molar-refractivity contribution is -0.125. The molecule has 3 rings (SSSR count). The second-order valence-corrected chi connectivity index (χ2v) is 6.83. The highest BCUT2D eigenvalue weighted by atomic mass is 19.1. The first-order chi connectivity index (χ1) is 10.3. The molecule has 1 fully saturated rings. The molecule has 2 aromatic rings. The summed E-state index contributed by atoms with van der Waals surface area (Å²) in [7, 11) is 0. The normalized spacial score (nSPS) is 19.5. The third-order valence-corrected chi connectivity index (χ3v) is 4.11. The Bertz CT molecular complexity index is 770. The average molecular weight is 301 g/mol. The Labute approximate surface area is 129 Å². The van der Waals surface area contributed by atoms with Crippen molar-refractivity contribution in [2.45, 2.75) is 45.1 Å². The number of nitrogens with zero attached hydrogens (tertiary/aromatic N) is 2. The maximum absolute atomic E-state index is 14.3. The highest BCUT2D eigenvalue weighted by Crippen LogP contribution is 2.34. The monoisotopic (exact) mass is 301 g/mol. The summed E-state index contributed by atoms with van der Waals surface area (Å²) in [6.07, 6.45) is 1.26. The Kier molecular flexibility index (Phi) is 3.31. The van der Waals surface area contributed by atoms with Crippen LogP contribution in [0, 0.1) is 5.95 Å². The second-order valence-electron chi connectivity index (χ2n) is 6.83. The number of piperidine rings is 1. The number of rotatable bonds is 1. The Morgan fingerprint density at radius 1 is 1.41 bits per heavy atom. The van der Waals surface area contributed by atoms with E-state index in [-0.39, 0.29) is 11.3 Å². The van der Waals surface area contributed by atoms with E-state index in [0.29, 0.717) is 29.4 Å². The molecule has 1 amide bonds. The number of amides is 1. The van der Waals surface area contributed by atoms with E-state index < -0.39 is 12.0 Å². The van der Waals surface area contributed by atoms with Gasteiger partial charge in [-0.1, -0.05) is 39.5 Å². The number of hydrogen-bond acceptors (Lipinski definition) is 2. The Morgan fingerprint density at radius 3 is 2.77 bits per heavy atom. The van der Waals surface area contributed by atoms with Crippen LogP contribution in [0.3, 0.4) is 0 Å². The van der Waals surface area contributed by atoms with Crippen molar-refractivity contribution in [3.05, 3.63) is 42.0 Å². The van der Waals surface area contributed by atoms with E-state index in [0.717, 1.165) is 5.56 Å². The molecule has 1 aromatic carbocycles. The fourth-order valence-electron chi connectivity index (χ4n) is 2.98. The van der Waals surface area contributed by atoms with Crippen LogP contribution in [0.5, 0.6) is 0 Å². The molecule has 1 aromatic heterocycles. The minimum atomic E-state index is -0.529. The zero-order valence-corrected chi connectivity index (χ0v) is 13.1. The van der Waals surface area contributed by atoms with Crippen LogP contribution in [0.25, 0.3) is 10.9 Å². The zero-order chi connectivity index (χ0) is 16.1. The van der Waals surface area contributed by atoms with Gasteiger partial charge in [-0.25, -0.2) is 4.68 Å². The SMILES string of the molecule is C=C1CCC(n2nc(F)c3cccc(C(C)(C)C)c32)C(=O)N1. The van der Waals surface area contributed by atoms with Crippen molar-refractivity contribution in [3.63, 3.8) is 0 Å². The van der Waals surface area contributed by atoms with Gasteiger partial charge in [0.05, 0.1) is 10.9 Å². The standard InChI is InChI=1S/C17H20FN3O/c1-10-8-9-13(16(22)19-10)21-14-11(15(18)20-21)6-5-7-12(14)17(2,3)4/h5-7,13H,1,8-9H2,2-4H3,(H,19,22). The molecular formula is C17H20FN3O. The molecule has 2 heterocycles. The first kappa shape index (κ1) is 14.8. The van der Waals surface area contributed by atoms with Gasteiger partial charge < -0.3 is 5.32 Å². The van der Waals surface area contributed by atoms with Gasteiger partial charge in [0.2, 0.25) is 11.9 Å². The quantitative estimate of drug-likeness (QED) is 0.877. The molecule has 1 saturated heterocycles. The van der Waals surface area contributed by atoms with Crippen LogP contribution < -0.4 is 5.32 Å². The van der Waals surface area contributed by atoms with Crippen molar-refractivity contribution in [2.75, 3.05) is 0 Å². The molecule has 1 unspecified atom stereocenters. The number of carbonyl (C=O) groups is 1. The molecule has 1 N–H and O–H groups in total. The summed E-state index contributed by atoms with van der Waals surface area (Å²) in [5.41, 5.74) is 2.23. The van der Waals surface area contributed by atoms with E-state index in [1.165, 1.54) is 0 Å². The van der Waals surface area contributed by atoms with Crippen LogP contribution in [0.4, 0.5) is 4.39 Å². The topological polar surface area (TPSA) is 46.9 Å². The average Bonchev–Trinajstić information content (AvgIpc) is 2.75. The predicted octanol–water partition coefficient (Wildman–Crippen LogP) is 3.44. The largest absolute Gasteiger partial charge is 0.329 e. The minimum absolute atomic E-state index is 0.168. The number of halogens is 1. The molecule has 1 aliphatic rings. The summed E-state index contributed by atoms with van der Waals surface area (Å²) in [6.45, 7) is 9.99. The number of carbonyl (C=O) groups excluding carboxylic acids is 1. The maximum Gasteiger partial charge on any atom is 0.249 e. The van der Waals surface area contributed by atoms with E-state index in [1.807, 2.05) is 12.1 Å². The number of allylic oxidation sites excluding steroid dienone is 1. The van der Waals surface area contributed by atoms with Crippen LogP contribution >= 0.6 is 0 Å². The van der Waals surface area contributed by atoms with E-state index in [4.69, 9.17) is 0 Å². The van der Waals surface area contributed by atoms with Crippen molar-refractivity contribution < 1.29 is 9.18 Å². The van der Waals surface area contributed by atoms with Crippen molar-refractivity contribution >= 4 is 16.8 Å².